The third-order valence-electron chi connectivity index (χ3n) is 2.42. The molecule has 1 aromatic rings. The Kier molecular flexibility index (Phi) is 2.41. The first kappa shape index (κ1) is 10.2. The van der Waals surface area contributed by atoms with Crippen molar-refractivity contribution >= 4 is 0 Å². The Labute approximate surface area is 78.6 Å². The Morgan fingerprint density at radius 1 is 1.31 bits per heavy atom. The van der Waals surface area contributed by atoms with Crippen molar-refractivity contribution in [3.8, 4) is 0 Å². The molecule has 0 saturated carbocycles. The molecule has 1 heterocycles. The van der Waals surface area contributed by atoms with E-state index in [1.807, 2.05) is 12.1 Å². The average molecular weight is 180 g/mol. The molecule has 3 nitrogen and oxygen atoms in total. The van der Waals surface area contributed by atoms with Crippen molar-refractivity contribution in [3.63, 3.8) is 0 Å². The van der Waals surface area contributed by atoms with E-state index < -0.39 is 11.1 Å². The fraction of sp³-hybridized carbons (Fsp3) is 0.500. The molecule has 1 unspecified atom stereocenters. The lowest BCUT2D eigenvalue weighted by Gasteiger charge is -2.36. The molecule has 0 aliphatic rings. The van der Waals surface area contributed by atoms with Gasteiger partial charge >= 0.3 is 0 Å². The number of hydrogen-bond acceptors (Lipinski definition) is 3. The molecule has 0 aliphatic heterocycles. The summed E-state index contributed by atoms with van der Waals surface area (Å²) < 4.78 is 0. The molecule has 13 heavy (non-hydrogen) atoms. The minimum atomic E-state index is -1.10. The lowest BCUT2D eigenvalue weighted by Crippen LogP contribution is -2.52. The van der Waals surface area contributed by atoms with Crippen LogP contribution in [0.1, 0.15) is 26.5 Å². The predicted octanol–water partition coefficient (Wildman–Crippen LogP) is 1.03. The molecule has 0 spiro atoms. The van der Waals surface area contributed by atoms with Crippen LogP contribution in [-0.4, -0.2) is 15.6 Å². The summed E-state index contributed by atoms with van der Waals surface area (Å²) in [6, 6.07) is 5.42. The van der Waals surface area contributed by atoms with Crippen LogP contribution in [0.25, 0.3) is 0 Å². The van der Waals surface area contributed by atoms with E-state index in [0.29, 0.717) is 5.69 Å². The Balaban J connectivity index is 3.08. The first-order valence-electron chi connectivity index (χ1n) is 4.28. The van der Waals surface area contributed by atoms with Crippen molar-refractivity contribution < 1.29 is 5.11 Å². The van der Waals surface area contributed by atoms with Gasteiger partial charge in [-0.1, -0.05) is 6.07 Å². The second kappa shape index (κ2) is 3.09. The molecule has 0 fully saturated rings. The van der Waals surface area contributed by atoms with Crippen LogP contribution in [0, 0.1) is 0 Å². The highest BCUT2D eigenvalue weighted by atomic mass is 16.3. The number of hydrogen-bond donors (Lipinski definition) is 2. The minimum Gasteiger partial charge on any atom is -0.382 e. The van der Waals surface area contributed by atoms with E-state index in [0.717, 1.165) is 0 Å². The number of nitrogens with two attached hydrogens (primary N) is 1. The molecule has 0 bridgehead atoms. The zero-order valence-corrected chi connectivity index (χ0v) is 8.28. The summed E-state index contributed by atoms with van der Waals surface area (Å²) >= 11 is 0. The van der Waals surface area contributed by atoms with Crippen molar-refractivity contribution in [1.29, 1.82) is 0 Å². The lowest BCUT2D eigenvalue weighted by molar-refractivity contribution is -0.0126. The molecule has 0 aromatic carbocycles. The van der Waals surface area contributed by atoms with Crippen molar-refractivity contribution in [3.05, 3.63) is 30.1 Å². The fourth-order valence-corrected chi connectivity index (χ4v) is 0.981. The van der Waals surface area contributed by atoms with Crippen molar-refractivity contribution in [2.45, 2.75) is 31.9 Å². The van der Waals surface area contributed by atoms with Crippen molar-refractivity contribution in [2.24, 2.45) is 5.73 Å². The van der Waals surface area contributed by atoms with E-state index in [1.165, 1.54) is 0 Å². The summed E-state index contributed by atoms with van der Waals surface area (Å²) in [4.78, 5) is 4.09. The maximum Gasteiger partial charge on any atom is 0.121 e. The van der Waals surface area contributed by atoms with Gasteiger partial charge in [-0.3, -0.25) is 4.98 Å². The van der Waals surface area contributed by atoms with E-state index >= 15 is 0 Å². The highest BCUT2D eigenvalue weighted by molar-refractivity contribution is 5.17. The summed E-state index contributed by atoms with van der Waals surface area (Å²) in [5, 5.41) is 10.1. The fourth-order valence-electron chi connectivity index (χ4n) is 0.981. The van der Waals surface area contributed by atoms with Crippen LogP contribution in [0.3, 0.4) is 0 Å². The molecule has 0 aliphatic carbocycles. The largest absolute Gasteiger partial charge is 0.382 e. The second-order valence-corrected chi connectivity index (χ2v) is 4.01. The van der Waals surface area contributed by atoms with E-state index in [1.54, 1.807) is 33.0 Å². The van der Waals surface area contributed by atoms with Gasteiger partial charge in [-0.25, -0.2) is 0 Å². The van der Waals surface area contributed by atoms with Crippen LogP contribution in [-0.2, 0) is 5.60 Å². The number of rotatable bonds is 2. The van der Waals surface area contributed by atoms with Gasteiger partial charge in [-0.2, -0.15) is 0 Å². The number of pyridine rings is 1. The number of nitrogens with zero attached hydrogens (tertiary/aromatic N) is 1. The first-order chi connectivity index (χ1) is 5.86. The highest BCUT2D eigenvalue weighted by Gasteiger charge is 2.38. The molecule has 3 heteroatoms. The summed E-state index contributed by atoms with van der Waals surface area (Å²) in [6.07, 6.45) is 1.65. The van der Waals surface area contributed by atoms with Crippen molar-refractivity contribution in [1.82, 2.24) is 4.98 Å². The van der Waals surface area contributed by atoms with Gasteiger partial charge in [-0.15, -0.1) is 0 Å². The number of aliphatic hydroxyl groups is 1. The zero-order valence-electron chi connectivity index (χ0n) is 8.28. The lowest BCUT2D eigenvalue weighted by atomic mass is 9.82. The van der Waals surface area contributed by atoms with Crippen LogP contribution in [0.5, 0.6) is 0 Å². The van der Waals surface area contributed by atoms with Gasteiger partial charge < -0.3 is 10.8 Å². The summed E-state index contributed by atoms with van der Waals surface area (Å²) in [6.45, 7) is 5.23. The van der Waals surface area contributed by atoms with Crippen LogP contribution in [0.2, 0.25) is 0 Å². The van der Waals surface area contributed by atoms with Gasteiger partial charge in [0.1, 0.15) is 5.60 Å². The molecule has 3 N–H and O–H groups in total. The Hall–Kier alpha value is -0.930. The Morgan fingerprint density at radius 2 is 1.92 bits per heavy atom. The smallest absolute Gasteiger partial charge is 0.121 e. The third kappa shape index (κ3) is 1.87. The minimum absolute atomic E-state index is 0.600. The number of aromatic nitrogens is 1. The zero-order chi connectivity index (χ0) is 10.1. The molecule has 72 valence electrons. The topological polar surface area (TPSA) is 59.1 Å². The van der Waals surface area contributed by atoms with Crippen LogP contribution in [0.15, 0.2) is 24.4 Å². The molecule has 0 radical (unpaired) electrons. The van der Waals surface area contributed by atoms with Crippen molar-refractivity contribution in [2.75, 3.05) is 0 Å². The molecule has 1 aromatic heterocycles. The third-order valence-corrected chi connectivity index (χ3v) is 2.42. The molecule has 1 rings (SSSR count). The normalized spacial score (nSPS) is 16.7. The van der Waals surface area contributed by atoms with Crippen LogP contribution >= 0.6 is 0 Å². The maximum absolute atomic E-state index is 10.1. The van der Waals surface area contributed by atoms with Crippen LogP contribution in [0.4, 0.5) is 0 Å². The van der Waals surface area contributed by atoms with E-state index in [9.17, 15) is 5.11 Å². The van der Waals surface area contributed by atoms with Gasteiger partial charge in [0, 0.05) is 11.7 Å². The van der Waals surface area contributed by atoms with Gasteiger partial charge in [0.15, 0.2) is 0 Å². The standard InChI is InChI=1S/C10H16N2O/c1-9(2,11)10(3,13)8-6-4-5-7-12-8/h4-7,13H,11H2,1-3H3. The van der Waals surface area contributed by atoms with Crippen LogP contribution < -0.4 is 5.73 Å². The summed E-state index contributed by atoms with van der Waals surface area (Å²) in [7, 11) is 0. The van der Waals surface area contributed by atoms with Gasteiger partial charge in [0.05, 0.1) is 5.69 Å². The molecule has 0 amide bonds. The monoisotopic (exact) mass is 180 g/mol. The SMILES string of the molecule is CC(C)(N)C(C)(O)c1ccccn1. The van der Waals surface area contributed by atoms with E-state index in [2.05, 4.69) is 4.98 Å². The molecule has 1 atom stereocenters. The van der Waals surface area contributed by atoms with Gasteiger partial charge in [0.25, 0.3) is 0 Å². The first-order valence-corrected chi connectivity index (χ1v) is 4.28. The predicted molar refractivity (Wildman–Crippen MR) is 52.1 cm³/mol. The van der Waals surface area contributed by atoms with E-state index in [4.69, 9.17) is 5.73 Å². The molecular weight excluding hydrogens is 164 g/mol. The van der Waals surface area contributed by atoms with Gasteiger partial charge in [0.2, 0.25) is 0 Å². The average Bonchev–Trinajstić information content (AvgIpc) is 2.04. The molecule has 0 saturated heterocycles. The van der Waals surface area contributed by atoms with E-state index in [-0.39, 0.29) is 0 Å². The molecular formula is C10H16N2O. The Bertz CT molecular complexity index is 275. The maximum atomic E-state index is 10.1. The Morgan fingerprint density at radius 3 is 2.31 bits per heavy atom. The second-order valence-electron chi connectivity index (χ2n) is 4.01. The highest BCUT2D eigenvalue weighted by Crippen LogP contribution is 2.28. The summed E-state index contributed by atoms with van der Waals surface area (Å²) in [5.41, 5.74) is 4.64. The quantitative estimate of drug-likeness (QED) is 0.714. The summed E-state index contributed by atoms with van der Waals surface area (Å²) in [5.74, 6) is 0. The van der Waals surface area contributed by atoms with Gasteiger partial charge in [-0.05, 0) is 32.9 Å².